The van der Waals surface area contributed by atoms with Crippen LogP contribution in [0.5, 0.6) is 0 Å². The fourth-order valence-corrected chi connectivity index (χ4v) is 2.25. The first-order valence-corrected chi connectivity index (χ1v) is 8.96. The minimum absolute atomic E-state index is 0.194. The Kier molecular flexibility index (Phi) is 7.94. The first-order chi connectivity index (χ1) is 11.7. The summed E-state index contributed by atoms with van der Waals surface area (Å²) in [5.41, 5.74) is 0.194. The smallest absolute Gasteiger partial charge is 0.410 e. The molecule has 0 saturated carbocycles. The molecular formula is C20H32N2O3. The minimum atomic E-state index is -0.714. The molecule has 1 unspecified atom stereocenters. The summed E-state index contributed by atoms with van der Waals surface area (Å²) in [4.78, 5) is 26.7. The molecule has 25 heavy (non-hydrogen) atoms. The van der Waals surface area contributed by atoms with Crippen LogP contribution in [0.4, 0.5) is 4.79 Å². The minimum Gasteiger partial charge on any atom is -0.443 e. The summed E-state index contributed by atoms with van der Waals surface area (Å²) in [6, 6.07) is 8.59. The average Bonchev–Trinajstić information content (AvgIpc) is 2.55. The van der Waals surface area contributed by atoms with Crippen molar-refractivity contribution in [2.75, 3.05) is 13.6 Å². The van der Waals surface area contributed by atoms with Gasteiger partial charge in [-0.2, -0.15) is 0 Å². The summed E-state index contributed by atoms with van der Waals surface area (Å²) in [6.07, 6.45) is 1.09. The molecule has 1 aromatic rings. The van der Waals surface area contributed by atoms with E-state index < -0.39 is 17.7 Å². The lowest BCUT2D eigenvalue weighted by Crippen LogP contribution is -2.44. The van der Waals surface area contributed by atoms with Crippen molar-refractivity contribution in [1.82, 2.24) is 10.2 Å². The maximum absolute atomic E-state index is 12.7. The number of carbonyl (C=O) groups is 2. The van der Waals surface area contributed by atoms with Crippen LogP contribution in [-0.4, -0.2) is 36.1 Å². The molecule has 1 atom stereocenters. The first-order valence-electron chi connectivity index (χ1n) is 8.96. The van der Waals surface area contributed by atoms with Gasteiger partial charge in [-0.3, -0.25) is 9.69 Å². The lowest BCUT2D eigenvalue weighted by molar-refractivity contribution is -0.126. The zero-order chi connectivity index (χ0) is 19.0. The molecule has 0 fully saturated rings. The van der Waals surface area contributed by atoms with Gasteiger partial charge < -0.3 is 10.1 Å². The third-order valence-corrected chi connectivity index (χ3v) is 4.27. The molecular weight excluding hydrogens is 316 g/mol. The molecule has 0 saturated heterocycles. The molecule has 0 heterocycles. The number of rotatable bonds is 8. The summed E-state index contributed by atoms with van der Waals surface area (Å²) in [5, 5.41) is 2.94. The van der Waals surface area contributed by atoms with Crippen molar-refractivity contribution in [2.24, 2.45) is 5.92 Å². The molecule has 2 amide bonds. The van der Waals surface area contributed by atoms with E-state index in [1.807, 2.05) is 51.1 Å². The van der Waals surface area contributed by atoms with Crippen molar-refractivity contribution < 1.29 is 14.3 Å². The molecule has 1 rings (SSSR count). The molecule has 0 aliphatic carbocycles. The molecule has 0 radical (unpaired) electrons. The SMILES string of the molecule is CCC(C)(C)OC(=O)N(C)C(C(=O)NCCC(C)C)c1ccccc1. The van der Waals surface area contributed by atoms with Crippen LogP contribution in [0, 0.1) is 5.92 Å². The maximum Gasteiger partial charge on any atom is 0.410 e. The van der Waals surface area contributed by atoms with Gasteiger partial charge in [-0.05, 0) is 38.2 Å². The van der Waals surface area contributed by atoms with Crippen molar-refractivity contribution in [3.8, 4) is 0 Å². The number of hydrogen-bond acceptors (Lipinski definition) is 3. The van der Waals surface area contributed by atoms with Gasteiger partial charge in [0.15, 0.2) is 0 Å². The highest BCUT2D eigenvalue weighted by atomic mass is 16.6. The Morgan fingerprint density at radius 2 is 1.80 bits per heavy atom. The standard InChI is InChI=1S/C20H32N2O3/c1-7-20(4,5)25-19(24)22(6)17(16-11-9-8-10-12-16)18(23)21-14-13-15(2)3/h8-12,15,17H,7,13-14H2,1-6H3,(H,21,23). The zero-order valence-corrected chi connectivity index (χ0v) is 16.3. The Labute approximate surface area is 151 Å². The second kappa shape index (κ2) is 9.44. The fraction of sp³-hybridized carbons (Fsp3) is 0.600. The van der Waals surface area contributed by atoms with Gasteiger partial charge in [0.2, 0.25) is 5.91 Å². The van der Waals surface area contributed by atoms with Gasteiger partial charge in [0.25, 0.3) is 0 Å². The topological polar surface area (TPSA) is 58.6 Å². The normalized spacial score (nSPS) is 12.6. The van der Waals surface area contributed by atoms with E-state index in [0.29, 0.717) is 18.9 Å². The number of benzene rings is 1. The molecule has 0 bridgehead atoms. The van der Waals surface area contributed by atoms with Crippen LogP contribution < -0.4 is 5.32 Å². The molecule has 140 valence electrons. The molecule has 0 aliphatic heterocycles. The van der Waals surface area contributed by atoms with Gasteiger partial charge in [0, 0.05) is 13.6 Å². The van der Waals surface area contributed by atoms with Crippen molar-refractivity contribution in [3.63, 3.8) is 0 Å². The molecule has 0 spiro atoms. The summed E-state index contributed by atoms with van der Waals surface area (Å²) in [7, 11) is 1.60. The Hall–Kier alpha value is -2.04. The predicted octanol–water partition coefficient (Wildman–Crippen LogP) is 4.15. The Morgan fingerprint density at radius 1 is 1.20 bits per heavy atom. The maximum atomic E-state index is 12.7. The average molecular weight is 348 g/mol. The first kappa shape index (κ1) is 21.0. The van der Waals surface area contributed by atoms with Crippen LogP contribution in [0.2, 0.25) is 0 Å². The molecule has 1 aromatic carbocycles. The van der Waals surface area contributed by atoms with Gasteiger partial charge >= 0.3 is 6.09 Å². The van der Waals surface area contributed by atoms with Gasteiger partial charge in [-0.25, -0.2) is 4.79 Å². The number of carbonyl (C=O) groups excluding carboxylic acids is 2. The van der Waals surface area contributed by atoms with E-state index in [0.717, 1.165) is 12.0 Å². The summed E-state index contributed by atoms with van der Waals surface area (Å²) in [5.74, 6) is 0.309. The van der Waals surface area contributed by atoms with E-state index in [1.165, 1.54) is 4.90 Å². The van der Waals surface area contributed by atoms with Crippen molar-refractivity contribution in [1.29, 1.82) is 0 Å². The number of likely N-dealkylation sites (N-methyl/N-ethyl adjacent to an activating group) is 1. The van der Waals surface area contributed by atoms with Gasteiger partial charge in [0.05, 0.1) is 0 Å². The number of nitrogens with one attached hydrogen (secondary N) is 1. The Balaban J connectivity index is 2.94. The Bertz CT molecular complexity index is 555. The van der Waals surface area contributed by atoms with Crippen molar-refractivity contribution in [2.45, 2.75) is 59.1 Å². The second-order valence-corrected chi connectivity index (χ2v) is 7.38. The molecule has 1 N–H and O–H groups in total. The monoisotopic (exact) mass is 348 g/mol. The van der Waals surface area contributed by atoms with Crippen LogP contribution in [0.25, 0.3) is 0 Å². The van der Waals surface area contributed by atoms with Crippen LogP contribution in [-0.2, 0) is 9.53 Å². The lowest BCUT2D eigenvalue weighted by Gasteiger charge is -2.31. The highest BCUT2D eigenvalue weighted by Crippen LogP contribution is 2.23. The summed E-state index contributed by atoms with van der Waals surface area (Å²) < 4.78 is 5.55. The van der Waals surface area contributed by atoms with E-state index in [-0.39, 0.29) is 5.91 Å². The summed E-state index contributed by atoms with van der Waals surface area (Å²) in [6.45, 7) is 10.5. The molecule has 0 aromatic heterocycles. The number of nitrogens with zero attached hydrogens (tertiary/aromatic N) is 1. The zero-order valence-electron chi connectivity index (χ0n) is 16.3. The number of hydrogen-bond donors (Lipinski definition) is 1. The van der Waals surface area contributed by atoms with E-state index in [4.69, 9.17) is 4.74 Å². The number of ether oxygens (including phenoxy) is 1. The fourth-order valence-electron chi connectivity index (χ4n) is 2.25. The predicted molar refractivity (Wildman–Crippen MR) is 100 cm³/mol. The van der Waals surface area contributed by atoms with Crippen LogP contribution in [0.15, 0.2) is 30.3 Å². The highest BCUT2D eigenvalue weighted by molar-refractivity contribution is 5.86. The van der Waals surface area contributed by atoms with Gasteiger partial charge in [-0.1, -0.05) is 51.1 Å². The lowest BCUT2D eigenvalue weighted by atomic mass is 10.0. The Morgan fingerprint density at radius 3 is 2.32 bits per heavy atom. The largest absolute Gasteiger partial charge is 0.443 e. The molecule has 5 nitrogen and oxygen atoms in total. The van der Waals surface area contributed by atoms with Gasteiger partial charge in [0.1, 0.15) is 11.6 Å². The van der Waals surface area contributed by atoms with E-state index >= 15 is 0 Å². The quantitative estimate of drug-likeness (QED) is 0.768. The molecule has 0 aliphatic rings. The van der Waals surface area contributed by atoms with E-state index in [1.54, 1.807) is 7.05 Å². The van der Waals surface area contributed by atoms with E-state index in [9.17, 15) is 9.59 Å². The summed E-state index contributed by atoms with van der Waals surface area (Å²) >= 11 is 0. The second-order valence-electron chi connectivity index (χ2n) is 7.38. The molecule has 5 heteroatoms. The number of amides is 2. The third kappa shape index (κ3) is 6.77. The van der Waals surface area contributed by atoms with Crippen LogP contribution in [0.1, 0.15) is 59.1 Å². The van der Waals surface area contributed by atoms with Crippen molar-refractivity contribution >= 4 is 12.0 Å². The van der Waals surface area contributed by atoms with Gasteiger partial charge in [-0.15, -0.1) is 0 Å². The third-order valence-electron chi connectivity index (χ3n) is 4.27. The van der Waals surface area contributed by atoms with Crippen LogP contribution >= 0.6 is 0 Å². The highest BCUT2D eigenvalue weighted by Gasteiger charge is 2.32. The van der Waals surface area contributed by atoms with Crippen LogP contribution in [0.3, 0.4) is 0 Å². The van der Waals surface area contributed by atoms with E-state index in [2.05, 4.69) is 19.2 Å². The van der Waals surface area contributed by atoms with Crippen molar-refractivity contribution in [3.05, 3.63) is 35.9 Å².